The summed E-state index contributed by atoms with van der Waals surface area (Å²) < 4.78 is 3.10. The van der Waals surface area contributed by atoms with Gasteiger partial charge in [0.25, 0.3) is 0 Å². The molecule has 0 spiro atoms. The minimum absolute atomic E-state index is 0.311. The molecule has 1 aromatic heterocycles. The second-order valence-corrected chi connectivity index (χ2v) is 5.39. The van der Waals surface area contributed by atoms with Gasteiger partial charge < -0.3 is 5.32 Å². The van der Waals surface area contributed by atoms with Crippen molar-refractivity contribution in [1.29, 1.82) is 0 Å². The van der Waals surface area contributed by atoms with Crippen molar-refractivity contribution in [3.63, 3.8) is 0 Å². The first-order valence-corrected chi connectivity index (χ1v) is 6.94. The lowest BCUT2D eigenvalue weighted by Gasteiger charge is -2.21. The fourth-order valence-electron chi connectivity index (χ4n) is 2.08. The average Bonchev–Trinajstić information content (AvgIpc) is 2.82. The van der Waals surface area contributed by atoms with Gasteiger partial charge in [0.05, 0.1) is 6.54 Å². The van der Waals surface area contributed by atoms with E-state index in [9.17, 15) is 0 Å². The lowest BCUT2D eigenvalue weighted by atomic mass is 10.1. The molecule has 0 fully saturated rings. The summed E-state index contributed by atoms with van der Waals surface area (Å²) in [5.41, 5.74) is 1.28. The van der Waals surface area contributed by atoms with Gasteiger partial charge in [0.1, 0.15) is 0 Å². The van der Waals surface area contributed by atoms with E-state index in [4.69, 9.17) is 0 Å². The van der Waals surface area contributed by atoms with Gasteiger partial charge in [0, 0.05) is 29.0 Å². The van der Waals surface area contributed by atoms with Gasteiger partial charge in [-0.15, -0.1) is 0 Å². The molecule has 3 nitrogen and oxygen atoms in total. The van der Waals surface area contributed by atoms with Crippen molar-refractivity contribution in [2.45, 2.75) is 32.5 Å². The van der Waals surface area contributed by atoms with E-state index in [2.05, 4.69) is 58.4 Å². The zero-order valence-electron chi connectivity index (χ0n) is 10.7. The zero-order valence-corrected chi connectivity index (χ0v) is 12.3. The Bertz CT molecular complexity index is 482. The summed E-state index contributed by atoms with van der Waals surface area (Å²) in [6.07, 6.45) is 3.80. The smallest absolute Gasteiger partial charge is 0.0560 e. The summed E-state index contributed by atoms with van der Waals surface area (Å²) in [7, 11) is 0. The van der Waals surface area contributed by atoms with Crippen LogP contribution in [-0.2, 0) is 6.54 Å². The molecule has 96 valence electrons. The fraction of sp³-hybridized carbons (Fsp3) is 0.357. The summed E-state index contributed by atoms with van der Waals surface area (Å²) in [6.45, 7) is 5.23. The molecule has 4 heteroatoms. The molecule has 0 aliphatic carbocycles. The predicted molar refractivity (Wildman–Crippen MR) is 77.4 cm³/mol. The molecule has 2 rings (SSSR count). The van der Waals surface area contributed by atoms with E-state index < -0.39 is 0 Å². The molecule has 1 N–H and O–H groups in total. The number of hydrogen-bond acceptors (Lipinski definition) is 2. The van der Waals surface area contributed by atoms with Crippen molar-refractivity contribution in [2.75, 3.05) is 0 Å². The number of rotatable bonds is 5. The largest absolute Gasteiger partial charge is 0.306 e. The van der Waals surface area contributed by atoms with Crippen LogP contribution in [0.3, 0.4) is 0 Å². The van der Waals surface area contributed by atoms with Gasteiger partial charge in [-0.05, 0) is 31.5 Å². The number of aromatic nitrogens is 2. The van der Waals surface area contributed by atoms with Crippen LogP contribution in [0.5, 0.6) is 0 Å². The Balaban J connectivity index is 1.95. The third-order valence-electron chi connectivity index (χ3n) is 2.93. The lowest BCUT2D eigenvalue weighted by molar-refractivity contribution is 0.412. The van der Waals surface area contributed by atoms with Crippen LogP contribution in [0.4, 0.5) is 0 Å². The van der Waals surface area contributed by atoms with Crippen LogP contribution < -0.4 is 5.32 Å². The summed E-state index contributed by atoms with van der Waals surface area (Å²) in [5.74, 6) is 0. The van der Waals surface area contributed by atoms with Crippen LogP contribution in [0, 0.1) is 0 Å². The van der Waals surface area contributed by atoms with Crippen molar-refractivity contribution in [3.05, 3.63) is 52.8 Å². The first-order chi connectivity index (χ1) is 8.66. The van der Waals surface area contributed by atoms with Gasteiger partial charge in [0.15, 0.2) is 0 Å². The summed E-state index contributed by atoms with van der Waals surface area (Å²) in [6, 6.07) is 10.9. The van der Waals surface area contributed by atoms with E-state index in [-0.39, 0.29) is 0 Å². The topological polar surface area (TPSA) is 29.9 Å². The lowest BCUT2D eigenvalue weighted by Crippen LogP contribution is -2.32. The predicted octanol–water partition coefficient (Wildman–Crippen LogP) is 3.38. The van der Waals surface area contributed by atoms with Crippen molar-refractivity contribution in [3.8, 4) is 0 Å². The van der Waals surface area contributed by atoms with E-state index in [1.165, 1.54) is 5.56 Å². The molecule has 0 saturated heterocycles. The first kappa shape index (κ1) is 13.3. The van der Waals surface area contributed by atoms with Crippen LogP contribution in [0.2, 0.25) is 0 Å². The first-order valence-electron chi connectivity index (χ1n) is 6.14. The van der Waals surface area contributed by atoms with Crippen molar-refractivity contribution in [2.24, 2.45) is 0 Å². The molecule has 0 bridgehead atoms. The highest BCUT2D eigenvalue weighted by molar-refractivity contribution is 9.10. The number of nitrogens with one attached hydrogen (secondary N) is 1. The van der Waals surface area contributed by atoms with Crippen molar-refractivity contribution in [1.82, 2.24) is 15.1 Å². The van der Waals surface area contributed by atoms with Gasteiger partial charge in [-0.2, -0.15) is 5.10 Å². The molecular formula is C14H18BrN3. The van der Waals surface area contributed by atoms with Crippen LogP contribution >= 0.6 is 15.9 Å². The zero-order chi connectivity index (χ0) is 13.0. The molecule has 0 saturated carbocycles. The highest BCUT2D eigenvalue weighted by atomic mass is 79.9. The maximum atomic E-state index is 4.22. The second kappa shape index (κ2) is 6.16. The number of hydrogen-bond donors (Lipinski definition) is 1. The Hall–Kier alpha value is -1.13. The Kier molecular flexibility index (Phi) is 4.55. The molecule has 0 aliphatic heterocycles. The maximum absolute atomic E-state index is 4.22. The van der Waals surface area contributed by atoms with Gasteiger partial charge in [0.2, 0.25) is 0 Å². The third-order valence-corrected chi connectivity index (χ3v) is 3.65. The van der Waals surface area contributed by atoms with Crippen LogP contribution in [0.15, 0.2) is 47.2 Å². The molecule has 2 unspecified atom stereocenters. The second-order valence-electron chi connectivity index (χ2n) is 4.54. The molecule has 1 heterocycles. The number of benzene rings is 1. The maximum Gasteiger partial charge on any atom is 0.0560 e. The molecular weight excluding hydrogens is 290 g/mol. The summed E-state index contributed by atoms with van der Waals surface area (Å²) >= 11 is 3.59. The van der Waals surface area contributed by atoms with Gasteiger partial charge >= 0.3 is 0 Å². The monoisotopic (exact) mass is 307 g/mol. The minimum atomic E-state index is 0.311. The van der Waals surface area contributed by atoms with Gasteiger partial charge in [-0.1, -0.05) is 34.1 Å². The number of halogens is 1. The summed E-state index contributed by atoms with van der Waals surface area (Å²) in [5, 5.41) is 7.81. The summed E-state index contributed by atoms with van der Waals surface area (Å²) in [4.78, 5) is 0. The van der Waals surface area contributed by atoms with Gasteiger partial charge in [-0.25, -0.2) is 0 Å². The fourth-order valence-corrected chi connectivity index (χ4v) is 2.71. The molecule has 18 heavy (non-hydrogen) atoms. The Morgan fingerprint density at radius 3 is 2.72 bits per heavy atom. The molecule has 0 aliphatic rings. The van der Waals surface area contributed by atoms with E-state index in [1.807, 2.05) is 29.2 Å². The van der Waals surface area contributed by atoms with E-state index >= 15 is 0 Å². The molecule has 0 amide bonds. The van der Waals surface area contributed by atoms with Crippen molar-refractivity contribution >= 4 is 15.9 Å². The van der Waals surface area contributed by atoms with E-state index in [0.29, 0.717) is 12.1 Å². The Labute approximate surface area is 116 Å². The standard InChI is InChI=1S/C14H18BrN3/c1-11(10-18-9-5-8-16-18)17-12(2)13-6-3-4-7-14(13)15/h3-9,11-12,17H,10H2,1-2H3. The SMILES string of the molecule is CC(Cn1cccn1)NC(C)c1ccccc1Br. The van der Waals surface area contributed by atoms with Crippen LogP contribution in [0.25, 0.3) is 0 Å². The molecule has 0 radical (unpaired) electrons. The Morgan fingerprint density at radius 1 is 1.28 bits per heavy atom. The molecule has 1 aromatic carbocycles. The van der Waals surface area contributed by atoms with E-state index in [1.54, 1.807) is 0 Å². The normalized spacial score (nSPS) is 14.4. The Morgan fingerprint density at radius 2 is 2.06 bits per heavy atom. The molecule has 2 aromatic rings. The van der Waals surface area contributed by atoms with Gasteiger partial charge in [-0.3, -0.25) is 4.68 Å². The minimum Gasteiger partial charge on any atom is -0.306 e. The van der Waals surface area contributed by atoms with E-state index in [0.717, 1.165) is 11.0 Å². The average molecular weight is 308 g/mol. The highest BCUT2D eigenvalue weighted by Crippen LogP contribution is 2.23. The van der Waals surface area contributed by atoms with Crippen LogP contribution in [-0.4, -0.2) is 15.8 Å². The third kappa shape index (κ3) is 3.43. The van der Waals surface area contributed by atoms with Crippen LogP contribution in [0.1, 0.15) is 25.5 Å². The van der Waals surface area contributed by atoms with Crippen molar-refractivity contribution < 1.29 is 0 Å². The number of nitrogens with zero attached hydrogens (tertiary/aromatic N) is 2. The quantitative estimate of drug-likeness (QED) is 0.917. The molecule has 2 atom stereocenters. The highest BCUT2D eigenvalue weighted by Gasteiger charge is 2.12.